The molecular formula is C11H12N2O4S2. The minimum atomic E-state index is -3.77. The number of aryl methyl sites for hydroxylation is 1. The van der Waals surface area contributed by atoms with E-state index in [0.717, 1.165) is 5.56 Å². The van der Waals surface area contributed by atoms with Crippen molar-refractivity contribution in [3.8, 4) is 0 Å². The van der Waals surface area contributed by atoms with Crippen LogP contribution in [-0.4, -0.2) is 19.5 Å². The summed E-state index contributed by atoms with van der Waals surface area (Å²) in [5, 5.41) is 5.26. The monoisotopic (exact) mass is 300 g/mol. The van der Waals surface area contributed by atoms with Gasteiger partial charge in [0.05, 0.1) is 4.88 Å². The lowest BCUT2D eigenvalue weighted by molar-refractivity contribution is 0.0984. The molecule has 8 heteroatoms. The van der Waals surface area contributed by atoms with E-state index in [1.165, 1.54) is 23.7 Å². The van der Waals surface area contributed by atoms with Crippen molar-refractivity contribution < 1.29 is 17.7 Å². The molecule has 0 fully saturated rings. The highest BCUT2D eigenvalue weighted by Crippen LogP contribution is 2.17. The number of carbonyl (C=O) groups is 1. The topological polar surface area (TPSA) is 89.3 Å². The molecule has 2 rings (SSSR count). The summed E-state index contributed by atoms with van der Waals surface area (Å²) >= 11 is 1.22. The minimum Gasteiger partial charge on any atom is -0.364 e. The van der Waals surface area contributed by atoms with E-state index < -0.39 is 15.9 Å². The zero-order chi connectivity index (χ0) is 13.9. The van der Waals surface area contributed by atoms with Crippen LogP contribution in [0.15, 0.2) is 28.3 Å². The summed E-state index contributed by atoms with van der Waals surface area (Å²) < 4.78 is 30.2. The molecule has 0 atom stereocenters. The van der Waals surface area contributed by atoms with Crippen molar-refractivity contribution >= 4 is 27.3 Å². The molecule has 0 unspecified atom stereocenters. The Labute approximate surface area is 114 Å². The standard InChI is InChI=1S/C11H12N2O4S2/c1-2-8-4-6-18-10(8)11(14)13-19(15,16)7-9-3-5-17-12-9/h3-6H,2,7H2,1H3,(H,13,14). The number of nitrogens with one attached hydrogen (secondary N) is 1. The Hall–Kier alpha value is -1.67. The van der Waals surface area contributed by atoms with Gasteiger partial charge in [-0.3, -0.25) is 4.79 Å². The van der Waals surface area contributed by atoms with E-state index in [1.54, 1.807) is 5.38 Å². The average Bonchev–Trinajstić information content (AvgIpc) is 2.96. The molecule has 0 aromatic carbocycles. The van der Waals surface area contributed by atoms with Crippen LogP contribution in [0.5, 0.6) is 0 Å². The molecule has 0 spiro atoms. The Morgan fingerprint density at radius 3 is 2.89 bits per heavy atom. The lowest BCUT2D eigenvalue weighted by atomic mass is 10.2. The Balaban J connectivity index is 2.10. The zero-order valence-electron chi connectivity index (χ0n) is 10.1. The zero-order valence-corrected chi connectivity index (χ0v) is 11.8. The number of nitrogens with zero attached hydrogens (tertiary/aromatic N) is 1. The van der Waals surface area contributed by atoms with Crippen molar-refractivity contribution in [1.82, 2.24) is 9.88 Å². The summed E-state index contributed by atoms with van der Waals surface area (Å²) in [5.74, 6) is -0.988. The van der Waals surface area contributed by atoms with Gasteiger partial charge in [0.15, 0.2) is 0 Å². The fourth-order valence-corrected chi connectivity index (χ4v) is 3.49. The number of sulfonamides is 1. The molecule has 0 aliphatic carbocycles. The first-order chi connectivity index (χ1) is 9.02. The molecule has 2 aromatic rings. The highest BCUT2D eigenvalue weighted by atomic mass is 32.2. The van der Waals surface area contributed by atoms with E-state index in [2.05, 4.69) is 9.68 Å². The third-order valence-electron chi connectivity index (χ3n) is 2.41. The molecule has 1 amide bonds. The average molecular weight is 300 g/mol. The maximum Gasteiger partial charge on any atom is 0.275 e. The molecule has 0 aliphatic heterocycles. The highest BCUT2D eigenvalue weighted by Gasteiger charge is 2.20. The predicted octanol–water partition coefficient (Wildman–Crippen LogP) is 1.56. The van der Waals surface area contributed by atoms with Crippen LogP contribution in [0.4, 0.5) is 0 Å². The van der Waals surface area contributed by atoms with Gasteiger partial charge in [0, 0.05) is 6.07 Å². The van der Waals surface area contributed by atoms with Crippen molar-refractivity contribution in [3.05, 3.63) is 39.9 Å². The molecule has 2 heterocycles. The second-order valence-electron chi connectivity index (χ2n) is 3.81. The van der Waals surface area contributed by atoms with E-state index in [1.807, 2.05) is 17.7 Å². The van der Waals surface area contributed by atoms with Gasteiger partial charge in [-0.25, -0.2) is 13.1 Å². The summed E-state index contributed by atoms with van der Waals surface area (Å²) in [6.45, 7) is 1.91. The number of amides is 1. The molecule has 0 bridgehead atoms. The number of hydrogen-bond donors (Lipinski definition) is 1. The Kier molecular flexibility index (Phi) is 4.01. The fourth-order valence-electron chi connectivity index (χ4n) is 1.54. The Bertz CT molecular complexity index is 659. The number of rotatable bonds is 5. The fraction of sp³-hybridized carbons (Fsp3) is 0.273. The van der Waals surface area contributed by atoms with Crippen molar-refractivity contribution in [1.29, 1.82) is 0 Å². The molecule has 19 heavy (non-hydrogen) atoms. The van der Waals surface area contributed by atoms with Crippen LogP contribution in [-0.2, 0) is 22.2 Å². The molecule has 0 radical (unpaired) electrons. The largest absolute Gasteiger partial charge is 0.364 e. The van der Waals surface area contributed by atoms with Gasteiger partial charge in [-0.05, 0) is 23.4 Å². The highest BCUT2D eigenvalue weighted by molar-refractivity contribution is 7.89. The van der Waals surface area contributed by atoms with Crippen molar-refractivity contribution in [3.63, 3.8) is 0 Å². The van der Waals surface area contributed by atoms with Gasteiger partial charge in [0.25, 0.3) is 5.91 Å². The number of carbonyl (C=O) groups excluding carboxylic acids is 1. The third-order valence-corrected chi connectivity index (χ3v) is 4.54. The van der Waals surface area contributed by atoms with E-state index in [0.29, 0.717) is 11.3 Å². The summed E-state index contributed by atoms with van der Waals surface area (Å²) in [6, 6.07) is 3.25. The van der Waals surface area contributed by atoms with Crippen LogP contribution >= 0.6 is 11.3 Å². The maximum atomic E-state index is 11.9. The molecular weight excluding hydrogens is 288 g/mol. The lowest BCUT2D eigenvalue weighted by Gasteiger charge is -2.05. The van der Waals surface area contributed by atoms with E-state index >= 15 is 0 Å². The Morgan fingerprint density at radius 1 is 1.47 bits per heavy atom. The molecule has 102 valence electrons. The van der Waals surface area contributed by atoms with Crippen LogP contribution < -0.4 is 4.72 Å². The van der Waals surface area contributed by atoms with Crippen LogP contribution in [0.25, 0.3) is 0 Å². The van der Waals surface area contributed by atoms with Gasteiger partial charge < -0.3 is 4.52 Å². The summed E-state index contributed by atoms with van der Waals surface area (Å²) in [4.78, 5) is 12.3. The second kappa shape index (κ2) is 5.54. The first kappa shape index (κ1) is 13.8. The normalized spacial score (nSPS) is 11.4. The van der Waals surface area contributed by atoms with Crippen molar-refractivity contribution in [2.24, 2.45) is 0 Å². The third kappa shape index (κ3) is 3.42. The van der Waals surface area contributed by atoms with Gasteiger partial charge in [-0.1, -0.05) is 12.1 Å². The number of hydrogen-bond acceptors (Lipinski definition) is 6. The van der Waals surface area contributed by atoms with Crippen LogP contribution in [0, 0.1) is 0 Å². The van der Waals surface area contributed by atoms with Gasteiger partial charge in [-0.2, -0.15) is 0 Å². The van der Waals surface area contributed by atoms with Gasteiger partial charge in [0.1, 0.15) is 17.7 Å². The SMILES string of the molecule is CCc1ccsc1C(=O)NS(=O)(=O)Cc1ccon1. The number of aromatic nitrogens is 1. The van der Waals surface area contributed by atoms with Crippen molar-refractivity contribution in [2.75, 3.05) is 0 Å². The van der Waals surface area contributed by atoms with E-state index in [4.69, 9.17) is 0 Å². The first-order valence-corrected chi connectivity index (χ1v) is 8.05. The minimum absolute atomic E-state index is 0.252. The molecule has 0 saturated carbocycles. The molecule has 0 saturated heterocycles. The summed E-state index contributed by atoms with van der Waals surface area (Å²) in [7, 11) is -3.77. The Morgan fingerprint density at radius 2 is 2.26 bits per heavy atom. The molecule has 6 nitrogen and oxygen atoms in total. The maximum absolute atomic E-state index is 11.9. The summed E-state index contributed by atoms with van der Waals surface area (Å²) in [5.41, 5.74) is 1.08. The van der Waals surface area contributed by atoms with Crippen LogP contribution in [0.3, 0.4) is 0 Å². The lowest BCUT2D eigenvalue weighted by Crippen LogP contribution is -2.31. The van der Waals surface area contributed by atoms with E-state index in [-0.39, 0.29) is 11.4 Å². The predicted molar refractivity (Wildman–Crippen MR) is 70.3 cm³/mol. The van der Waals surface area contributed by atoms with Crippen molar-refractivity contribution in [2.45, 2.75) is 19.1 Å². The van der Waals surface area contributed by atoms with Gasteiger partial charge in [0.2, 0.25) is 10.0 Å². The molecule has 2 aromatic heterocycles. The smallest absolute Gasteiger partial charge is 0.275 e. The first-order valence-electron chi connectivity index (χ1n) is 5.52. The number of thiophene rings is 1. The molecule has 1 N–H and O–H groups in total. The quantitative estimate of drug-likeness (QED) is 0.905. The van der Waals surface area contributed by atoms with E-state index in [9.17, 15) is 13.2 Å². The molecule has 0 aliphatic rings. The van der Waals surface area contributed by atoms with Crippen LogP contribution in [0.2, 0.25) is 0 Å². The van der Waals surface area contributed by atoms with Gasteiger partial charge in [-0.15, -0.1) is 11.3 Å². The van der Waals surface area contributed by atoms with Gasteiger partial charge >= 0.3 is 0 Å². The second-order valence-corrected chi connectivity index (χ2v) is 6.45. The van der Waals surface area contributed by atoms with Crippen LogP contribution in [0.1, 0.15) is 27.9 Å². The summed E-state index contributed by atoms with van der Waals surface area (Å²) in [6.07, 6.45) is 1.96.